The van der Waals surface area contributed by atoms with Gasteiger partial charge in [-0.1, -0.05) is 23.2 Å². The first-order valence-corrected chi connectivity index (χ1v) is 10.2. The maximum Gasteiger partial charge on any atom is 2.00 e. The molecule has 8 nitrogen and oxygen atoms in total. The van der Waals surface area contributed by atoms with Gasteiger partial charge in [0.15, 0.2) is 0 Å². The van der Waals surface area contributed by atoms with Crippen molar-refractivity contribution >= 4 is 92.6 Å². The van der Waals surface area contributed by atoms with Crippen LogP contribution < -0.4 is 11.5 Å². The molecule has 0 radical (unpaired) electrons. The molecule has 0 heterocycles. The van der Waals surface area contributed by atoms with Gasteiger partial charge < -0.3 is 20.6 Å². The summed E-state index contributed by atoms with van der Waals surface area (Å²) in [5.41, 5.74) is 12.6. The molecule has 2 aromatic carbocycles. The van der Waals surface area contributed by atoms with Crippen LogP contribution in [0.3, 0.4) is 0 Å². The Morgan fingerprint density at radius 1 is 0.741 bits per heavy atom. The molecule has 0 aliphatic heterocycles. The molecule has 0 atom stereocenters. The van der Waals surface area contributed by atoms with E-state index in [4.69, 9.17) is 34.7 Å². The Balaban J connectivity index is 0.000000483. The minimum atomic E-state index is -4.51. The molecule has 0 aliphatic carbocycles. The van der Waals surface area contributed by atoms with Gasteiger partial charge in [-0.15, -0.1) is 0 Å². The molecule has 0 saturated heterocycles. The van der Waals surface area contributed by atoms with E-state index in [1.54, 1.807) is 13.8 Å². The summed E-state index contributed by atoms with van der Waals surface area (Å²) >= 11 is 11.1. The van der Waals surface area contributed by atoms with Crippen LogP contribution >= 0.6 is 23.2 Å². The molecule has 2 aromatic rings. The topological polar surface area (TPSA) is 166 Å². The van der Waals surface area contributed by atoms with Crippen LogP contribution in [0.4, 0.5) is 11.4 Å². The number of hydrogen-bond donors (Lipinski definition) is 2. The van der Waals surface area contributed by atoms with Gasteiger partial charge in [0.25, 0.3) is 0 Å². The predicted octanol–water partition coefficient (Wildman–Crippen LogP) is 1.89. The third-order valence-corrected chi connectivity index (χ3v) is 5.78. The maximum absolute atomic E-state index is 10.6. The van der Waals surface area contributed by atoms with Gasteiger partial charge in [0.2, 0.25) is 0 Å². The van der Waals surface area contributed by atoms with Gasteiger partial charge in [-0.05, 0) is 49.2 Å². The summed E-state index contributed by atoms with van der Waals surface area (Å²) in [4.78, 5) is -0.860. The monoisotopic (exact) mass is 480 g/mol. The molecule has 0 fully saturated rings. The van der Waals surface area contributed by atoms with E-state index in [1.165, 1.54) is 24.3 Å². The second-order valence-corrected chi connectivity index (χ2v) is 8.70. The number of nitrogen functional groups attached to an aromatic ring is 2. The van der Waals surface area contributed by atoms with Crippen LogP contribution in [0.5, 0.6) is 0 Å². The van der Waals surface area contributed by atoms with Crippen molar-refractivity contribution in [2.75, 3.05) is 11.5 Å². The van der Waals surface area contributed by atoms with Crippen LogP contribution in [-0.4, -0.2) is 63.7 Å². The van der Waals surface area contributed by atoms with E-state index in [2.05, 4.69) is 0 Å². The van der Waals surface area contributed by atoms with Gasteiger partial charge in [0.05, 0.1) is 19.8 Å². The van der Waals surface area contributed by atoms with E-state index in [0.29, 0.717) is 22.5 Å². The number of nitrogens with two attached hydrogens (primary N) is 2. The molecule has 0 bridgehead atoms. The van der Waals surface area contributed by atoms with Gasteiger partial charge in [-0.2, -0.15) is 0 Å². The normalized spacial score (nSPS) is 11.2. The third-order valence-electron chi connectivity index (χ3n) is 3.18. The van der Waals surface area contributed by atoms with Crippen LogP contribution in [-0.2, 0) is 20.2 Å². The van der Waals surface area contributed by atoms with Crippen molar-refractivity contribution in [2.24, 2.45) is 0 Å². The van der Waals surface area contributed by atoms with Crippen LogP contribution in [0.1, 0.15) is 11.1 Å². The van der Waals surface area contributed by atoms with Crippen molar-refractivity contribution in [3.8, 4) is 0 Å². The molecule has 0 aromatic heterocycles. The Bertz CT molecular complexity index is 974. The molecule has 0 spiro atoms. The summed E-state index contributed by atoms with van der Waals surface area (Å²) < 4.78 is 63.8. The van der Waals surface area contributed by atoms with Crippen LogP contribution in [0.25, 0.3) is 0 Å². The molecular weight excluding hydrogens is 467 g/mol. The zero-order valence-corrected chi connectivity index (χ0v) is 19.5. The van der Waals surface area contributed by atoms with E-state index < -0.39 is 30.0 Å². The average Bonchev–Trinajstić information content (AvgIpc) is 2.45. The van der Waals surface area contributed by atoms with E-state index >= 15 is 0 Å². The molecule has 4 N–H and O–H groups in total. The Hall–Kier alpha value is -0.300. The second kappa shape index (κ2) is 9.95. The first kappa shape index (κ1) is 26.7. The smallest absolute Gasteiger partial charge is 0.744 e. The van der Waals surface area contributed by atoms with Gasteiger partial charge in [-0.25, -0.2) is 16.8 Å². The van der Waals surface area contributed by atoms with E-state index in [-0.39, 0.29) is 47.8 Å². The number of anilines is 2. The van der Waals surface area contributed by atoms with E-state index in [9.17, 15) is 25.9 Å². The fourth-order valence-electron chi connectivity index (χ4n) is 1.72. The molecule has 27 heavy (non-hydrogen) atoms. The van der Waals surface area contributed by atoms with E-state index in [0.717, 1.165) is 0 Å². The quantitative estimate of drug-likeness (QED) is 0.373. The number of hydrogen-bond acceptors (Lipinski definition) is 8. The summed E-state index contributed by atoms with van der Waals surface area (Å²) in [5, 5.41) is -0.281. The fourth-order valence-corrected chi connectivity index (χ4v) is 3.87. The summed E-state index contributed by atoms with van der Waals surface area (Å²) in [6.07, 6.45) is 0. The van der Waals surface area contributed by atoms with Crippen LogP contribution in [0, 0.1) is 13.8 Å². The van der Waals surface area contributed by atoms with Crippen LogP contribution in [0.15, 0.2) is 34.1 Å². The summed E-state index contributed by atoms with van der Waals surface area (Å²) in [7, 11) is -9.02. The average molecular weight is 481 g/mol. The van der Waals surface area contributed by atoms with Gasteiger partial charge in [0, 0.05) is 11.4 Å². The molecule has 144 valence electrons. The standard InChI is InChI=1S/2C7H8ClNO3S.Ca/c2*1-4-2-7(13(10,11)12)5(8)3-6(4)9;/h2*2-3H,9H2,1H3,(H,10,11,12);/q;;+2/p-2. The molecule has 13 heteroatoms. The van der Waals surface area contributed by atoms with Crippen LogP contribution in [0.2, 0.25) is 10.0 Å². The van der Waals surface area contributed by atoms with Crippen molar-refractivity contribution in [3.05, 3.63) is 45.4 Å². The second-order valence-electron chi connectivity index (χ2n) is 5.19. The number of benzene rings is 2. The largest absolute Gasteiger partial charge is 2.00 e. The molecule has 0 saturated carbocycles. The summed E-state index contributed by atoms with van der Waals surface area (Å²) in [5.74, 6) is 0. The van der Waals surface area contributed by atoms with Gasteiger partial charge in [-0.3, -0.25) is 0 Å². The van der Waals surface area contributed by atoms with Crippen molar-refractivity contribution in [2.45, 2.75) is 23.6 Å². The zero-order chi connectivity index (χ0) is 20.4. The predicted molar refractivity (Wildman–Crippen MR) is 103 cm³/mol. The SMILES string of the molecule is Cc1cc(S(=O)(=O)[O-])c(Cl)cc1N.Cc1cc(S(=O)(=O)[O-])c(Cl)cc1N.[Ca+2]. The van der Waals surface area contributed by atoms with Crippen molar-refractivity contribution in [1.82, 2.24) is 0 Å². The molecule has 0 amide bonds. The number of halogens is 2. The van der Waals surface area contributed by atoms with Crippen molar-refractivity contribution < 1.29 is 25.9 Å². The Labute approximate surface area is 197 Å². The number of rotatable bonds is 2. The zero-order valence-electron chi connectivity index (χ0n) is 14.2. The molecule has 0 aliphatic rings. The Morgan fingerprint density at radius 2 is 1.00 bits per heavy atom. The summed E-state index contributed by atoms with van der Waals surface area (Å²) in [6, 6.07) is 4.84. The molecular formula is C14H14CaCl2N2O6S2. The molecule has 2 rings (SSSR count). The Morgan fingerprint density at radius 3 is 1.22 bits per heavy atom. The first-order chi connectivity index (χ1) is 11.6. The Kier molecular flexibility index (Phi) is 9.84. The number of aryl methyl sites for hydroxylation is 2. The minimum Gasteiger partial charge on any atom is -0.744 e. The minimum absolute atomic E-state index is 0. The van der Waals surface area contributed by atoms with E-state index in [1.807, 2.05) is 0 Å². The summed E-state index contributed by atoms with van der Waals surface area (Å²) in [6.45, 7) is 3.20. The van der Waals surface area contributed by atoms with Crippen molar-refractivity contribution in [3.63, 3.8) is 0 Å². The van der Waals surface area contributed by atoms with Crippen molar-refractivity contribution in [1.29, 1.82) is 0 Å². The molecule has 0 unspecified atom stereocenters. The third kappa shape index (κ3) is 7.56. The fraction of sp³-hybridized carbons (Fsp3) is 0.143. The maximum atomic E-state index is 10.6. The van der Waals surface area contributed by atoms with Gasteiger partial charge >= 0.3 is 37.7 Å². The first-order valence-electron chi connectivity index (χ1n) is 6.67. The van der Waals surface area contributed by atoms with Gasteiger partial charge in [0.1, 0.15) is 20.2 Å².